The van der Waals surface area contributed by atoms with Crippen molar-refractivity contribution in [3.05, 3.63) is 52.6 Å². The van der Waals surface area contributed by atoms with Crippen LogP contribution in [0.15, 0.2) is 24.3 Å². The summed E-state index contributed by atoms with van der Waals surface area (Å²) < 4.78 is 15.4. The molecule has 2 aromatic rings. The summed E-state index contributed by atoms with van der Waals surface area (Å²) in [6, 6.07) is 6.28. The Morgan fingerprint density at radius 2 is 1.68 bits per heavy atom. The Hall–Kier alpha value is -2.83. The van der Waals surface area contributed by atoms with Crippen LogP contribution < -0.4 is 0 Å². The molecule has 7 heteroatoms. The summed E-state index contributed by atoms with van der Waals surface area (Å²) in [6.45, 7) is 2.30. The molecule has 1 N–H and O–H groups in total. The summed E-state index contributed by atoms with van der Waals surface area (Å²) in [5, 5.41) is 11.3. The van der Waals surface area contributed by atoms with E-state index >= 15 is 0 Å². The lowest BCUT2D eigenvalue weighted by atomic mass is 9.82. The summed E-state index contributed by atoms with van der Waals surface area (Å²) in [6.07, 6.45) is 8.86. The van der Waals surface area contributed by atoms with Crippen molar-refractivity contribution in [1.29, 1.82) is 0 Å². The van der Waals surface area contributed by atoms with Crippen LogP contribution >= 0.6 is 0 Å². The van der Waals surface area contributed by atoms with E-state index in [1.807, 2.05) is 4.90 Å². The fourth-order valence-corrected chi connectivity index (χ4v) is 6.32. The molecular weight excluding hydrogens is 433 g/mol. The van der Waals surface area contributed by atoms with E-state index in [-0.39, 0.29) is 29.4 Å². The predicted octanol–water partition coefficient (Wildman–Crippen LogP) is 4.52. The number of amides is 2. The Balaban J connectivity index is 1.37. The molecule has 6 nitrogen and oxygen atoms in total. The van der Waals surface area contributed by atoms with Gasteiger partial charge in [-0.25, -0.2) is 4.39 Å². The number of benzene rings is 1. The van der Waals surface area contributed by atoms with E-state index in [4.69, 9.17) is 0 Å². The van der Waals surface area contributed by atoms with Crippen LogP contribution in [0.3, 0.4) is 0 Å². The molecule has 2 aliphatic carbocycles. The van der Waals surface area contributed by atoms with E-state index in [1.165, 1.54) is 31.4 Å². The molecule has 1 atom stereocenters. The molecule has 2 fully saturated rings. The number of carbonyl (C=O) groups excluding carboxylic acids is 2. The van der Waals surface area contributed by atoms with Gasteiger partial charge in [-0.05, 0) is 55.2 Å². The lowest BCUT2D eigenvalue weighted by Gasteiger charge is -2.41. The zero-order chi connectivity index (χ0) is 23.4. The molecule has 1 aromatic carbocycles. The van der Waals surface area contributed by atoms with E-state index in [9.17, 15) is 19.1 Å². The van der Waals surface area contributed by atoms with Crippen molar-refractivity contribution in [2.24, 2.45) is 11.8 Å². The smallest absolute Gasteiger partial charge is 0.274 e. The molecule has 2 aliphatic heterocycles. The highest BCUT2D eigenvalue weighted by molar-refractivity contribution is 6.06. The maximum atomic E-state index is 13.5. The van der Waals surface area contributed by atoms with E-state index in [0.29, 0.717) is 49.1 Å². The van der Waals surface area contributed by atoms with Crippen LogP contribution in [0.25, 0.3) is 0 Å². The maximum absolute atomic E-state index is 13.5. The number of nitrogens with zero attached hydrogens (tertiary/aromatic N) is 3. The van der Waals surface area contributed by atoms with E-state index in [0.717, 1.165) is 43.5 Å². The zero-order valence-corrected chi connectivity index (χ0v) is 19.5. The van der Waals surface area contributed by atoms with Gasteiger partial charge in [-0.3, -0.25) is 9.59 Å². The first-order chi connectivity index (χ1) is 16.5. The normalized spacial score (nSPS) is 23.3. The van der Waals surface area contributed by atoms with Crippen LogP contribution in [0.1, 0.15) is 83.1 Å². The lowest BCUT2D eigenvalue weighted by molar-refractivity contribution is 0.0587. The minimum atomic E-state index is -0.309. The molecule has 0 bridgehead atoms. The van der Waals surface area contributed by atoms with Crippen LogP contribution in [-0.4, -0.2) is 50.9 Å². The lowest BCUT2D eigenvalue weighted by Crippen LogP contribution is -2.47. The molecular formula is C27H32FN3O3. The summed E-state index contributed by atoms with van der Waals surface area (Å²) in [4.78, 5) is 30.7. The standard InChI is InChI=1S/C27H32FN3O3/c28-20-10-8-18(9-11-20)14-29-13-12-21-23(26(29)33)25(32)24-27(34)30(15-17-6-7-17)16-22(31(21)24)19-4-2-1-3-5-19/h8-11,17,19,22,32H,1-7,12-16H2. The average molecular weight is 466 g/mol. The Kier molecular flexibility index (Phi) is 5.38. The zero-order valence-electron chi connectivity index (χ0n) is 19.5. The second-order valence-corrected chi connectivity index (χ2v) is 10.6. The van der Waals surface area contributed by atoms with Crippen molar-refractivity contribution in [3.63, 3.8) is 0 Å². The maximum Gasteiger partial charge on any atom is 0.274 e. The van der Waals surface area contributed by atoms with Crippen molar-refractivity contribution in [2.45, 2.75) is 64.0 Å². The number of hydrogen-bond donors (Lipinski definition) is 1. The van der Waals surface area contributed by atoms with Crippen molar-refractivity contribution in [2.75, 3.05) is 19.6 Å². The third-order valence-corrected chi connectivity index (χ3v) is 8.29. The van der Waals surface area contributed by atoms with Gasteiger partial charge in [0.15, 0.2) is 11.4 Å². The summed E-state index contributed by atoms with van der Waals surface area (Å²) in [5.41, 5.74) is 2.28. The molecule has 2 amide bonds. The number of rotatable bonds is 5. The minimum Gasteiger partial charge on any atom is -0.505 e. The first-order valence-electron chi connectivity index (χ1n) is 12.8. The number of hydrogen-bond acceptors (Lipinski definition) is 3. The topological polar surface area (TPSA) is 65.8 Å². The van der Waals surface area contributed by atoms with Gasteiger partial charge < -0.3 is 19.5 Å². The fourth-order valence-electron chi connectivity index (χ4n) is 6.32. The molecule has 1 aromatic heterocycles. The van der Waals surface area contributed by atoms with Gasteiger partial charge in [0.25, 0.3) is 11.8 Å². The molecule has 2 saturated carbocycles. The molecule has 34 heavy (non-hydrogen) atoms. The van der Waals surface area contributed by atoms with E-state index in [2.05, 4.69) is 4.57 Å². The first-order valence-corrected chi connectivity index (χ1v) is 12.8. The summed E-state index contributed by atoms with van der Waals surface area (Å²) >= 11 is 0. The second kappa shape index (κ2) is 8.43. The largest absolute Gasteiger partial charge is 0.505 e. The third kappa shape index (κ3) is 3.69. The third-order valence-electron chi connectivity index (χ3n) is 8.29. The highest BCUT2D eigenvalue weighted by atomic mass is 19.1. The van der Waals surface area contributed by atoms with Gasteiger partial charge in [-0.2, -0.15) is 0 Å². The van der Waals surface area contributed by atoms with E-state index in [1.54, 1.807) is 17.0 Å². The van der Waals surface area contributed by atoms with E-state index < -0.39 is 0 Å². The predicted molar refractivity (Wildman–Crippen MR) is 125 cm³/mol. The first kappa shape index (κ1) is 21.7. The SMILES string of the molecule is O=C1c2c(O)c3n(c2CCN1Cc1ccc(F)cc1)C(C1CCCCC1)CN(CC1CC1)C3=O. The molecule has 6 rings (SSSR count). The number of carbonyl (C=O) groups is 2. The molecule has 1 unspecified atom stereocenters. The Morgan fingerprint density at radius 3 is 2.38 bits per heavy atom. The van der Waals surface area contributed by atoms with Crippen molar-refractivity contribution in [3.8, 4) is 5.75 Å². The minimum absolute atomic E-state index is 0.123. The Bertz CT molecular complexity index is 1120. The molecule has 180 valence electrons. The molecule has 3 heterocycles. The number of aromatic hydroxyl groups is 1. The highest BCUT2D eigenvalue weighted by Crippen LogP contribution is 2.45. The monoisotopic (exact) mass is 465 g/mol. The van der Waals surface area contributed by atoms with Gasteiger partial charge in [0.2, 0.25) is 0 Å². The van der Waals surface area contributed by atoms with Gasteiger partial charge in [-0.15, -0.1) is 0 Å². The quantitative estimate of drug-likeness (QED) is 0.706. The van der Waals surface area contributed by atoms with Gasteiger partial charge in [0.1, 0.15) is 11.4 Å². The van der Waals surface area contributed by atoms with Gasteiger partial charge in [-0.1, -0.05) is 31.4 Å². The van der Waals surface area contributed by atoms with Crippen LogP contribution in [-0.2, 0) is 13.0 Å². The highest BCUT2D eigenvalue weighted by Gasteiger charge is 2.45. The Labute approximate surface area is 199 Å². The van der Waals surface area contributed by atoms with Crippen LogP contribution in [0.2, 0.25) is 0 Å². The van der Waals surface area contributed by atoms with Crippen LogP contribution in [0, 0.1) is 17.7 Å². The Morgan fingerprint density at radius 1 is 0.941 bits per heavy atom. The molecule has 4 aliphatic rings. The summed E-state index contributed by atoms with van der Waals surface area (Å²) in [7, 11) is 0. The summed E-state index contributed by atoms with van der Waals surface area (Å²) in [5.74, 6) is 0.206. The second-order valence-electron chi connectivity index (χ2n) is 10.6. The van der Waals surface area contributed by atoms with Gasteiger partial charge >= 0.3 is 0 Å². The van der Waals surface area contributed by atoms with Gasteiger partial charge in [0.05, 0.1) is 6.04 Å². The van der Waals surface area contributed by atoms with Crippen molar-refractivity contribution in [1.82, 2.24) is 14.4 Å². The fraction of sp³-hybridized carbons (Fsp3) is 0.556. The molecule has 0 spiro atoms. The molecule has 0 radical (unpaired) electrons. The molecule has 0 saturated heterocycles. The number of halogens is 1. The number of aromatic nitrogens is 1. The van der Waals surface area contributed by atoms with Crippen LogP contribution in [0.5, 0.6) is 5.75 Å². The van der Waals surface area contributed by atoms with Crippen molar-refractivity contribution >= 4 is 11.8 Å². The van der Waals surface area contributed by atoms with Crippen LogP contribution in [0.4, 0.5) is 4.39 Å². The van der Waals surface area contributed by atoms with Crippen molar-refractivity contribution < 1.29 is 19.1 Å². The average Bonchev–Trinajstić information content (AvgIpc) is 3.61. The number of fused-ring (bicyclic) bond motifs is 3. The van der Waals surface area contributed by atoms with Gasteiger partial charge in [0, 0.05) is 38.3 Å².